The lowest BCUT2D eigenvalue weighted by Crippen LogP contribution is -2.03. The monoisotopic (exact) mass is 435 g/mol. The molecule has 0 amide bonds. The number of nitrogens with zero attached hydrogens (tertiary/aromatic N) is 6. The third-order valence-corrected chi connectivity index (χ3v) is 4.87. The van der Waals surface area contributed by atoms with Crippen LogP contribution in [0, 0.1) is 22.7 Å². The maximum atomic E-state index is 9.53. The molecular formula is C25H21N7O. The van der Waals surface area contributed by atoms with Crippen molar-refractivity contribution in [2.75, 3.05) is 11.9 Å². The zero-order chi connectivity index (χ0) is 22.9. The van der Waals surface area contributed by atoms with Gasteiger partial charge >= 0.3 is 0 Å². The first kappa shape index (κ1) is 21.5. The molecule has 0 unspecified atom stereocenters. The summed E-state index contributed by atoms with van der Waals surface area (Å²) in [7, 11) is 0. The molecule has 4 aromatic rings. The van der Waals surface area contributed by atoms with Gasteiger partial charge in [0.15, 0.2) is 0 Å². The van der Waals surface area contributed by atoms with Crippen LogP contribution in [0.3, 0.4) is 0 Å². The van der Waals surface area contributed by atoms with Gasteiger partial charge in [-0.3, -0.25) is 4.98 Å². The summed E-state index contributed by atoms with van der Waals surface area (Å²) in [5.41, 5.74) is 4.77. The van der Waals surface area contributed by atoms with Crippen LogP contribution in [0.25, 0.3) is 16.9 Å². The Morgan fingerprint density at radius 1 is 1.03 bits per heavy atom. The lowest BCUT2D eigenvalue weighted by atomic mass is 10.2. The van der Waals surface area contributed by atoms with Crippen molar-refractivity contribution < 1.29 is 4.74 Å². The van der Waals surface area contributed by atoms with Crippen molar-refractivity contribution in [3.8, 4) is 35.0 Å². The third-order valence-electron chi connectivity index (χ3n) is 4.87. The lowest BCUT2D eigenvalue weighted by Gasteiger charge is -2.09. The highest BCUT2D eigenvalue weighted by molar-refractivity contribution is 5.60. The molecular weight excluding hydrogens is 414 g/mol. The first-order valence-electron chi connectivity index (χ1n) is 10.5. The van der Waals surface area contributed by atoms with Crippen molar-refractivity contribution in [2.24, 2.45) is 0 Å². The van der Waals surface area contributed by atoms with Gasteiger partial charge in [-0.2, -0.15) is 15.6 Å². The molecule has 0 spiro atoms. The molecule has 0 atom stereocenters. The van der Waals surface area contributed by atoms with Gasteiger partial charge in [0.05, 0.1) is 24.1 Å². The molecule has 0 saturated carbocycles. The largest absolute Gasteiger partial charge is 0.478 e. The molecule has 0 fully saturated rings. The van der Waals surface area contributed by atoms with Gasteiger partial charge in [0.1, 0.15) is 11.8 Å². The zero-order valence-electron chi connectivity index (χ0n) is 17.8. The van der Waals surface area contributed by atoms with Crippen LogP contribution >= 0.6 is 0 Å². The topological polar surface area (TPSA) is 112 Å². The number of nitriles is 2. The number of ether oxygens (including phenoxy) is 1. The number of pyridine rings is 2. The molecule has 0 aliphatic rings. The van der Waals surface area contributed by atoms with E-state index in [-0.39, 0.29) is 0 Å². The number of anilines is 1. The van der Waals surface area contributed by atoms with Gasteiger partial charge in [0.2, 0.25) is 5.88 Å². The van der Waals surface area contributed by atoms with E-state index in [2.05, 4.69) is 32.5 Å². The Morgan fingerprint density at radius 3 is 2.61 bits per heavy atom. The zero-order valence-corrected chi connectivity index (χ0v) is 17.8. The highest BCUT2D eigenvalue weighted by Gasteiger charge is 2.11. The van der Waals surface area contributed by atoms with E-state index in [0.717, 1.165) is 22.5 Å². The Hall–Kier alpha value is -4.69. The molecule has 3 heterocycles. The standard InChI is InChI=1S/C25H21N7O/c26-11-1-2-13-33-25-10-5-19(17-30-25)16-29-21-6-8-22(9-7-21)32-23(15-27)14-24(31-32)20-4-3-12-28-18-20/h3-10,12,14,17-18,29H,1-2,13,16H2. The lowest BCUT2D eigenvalue weighted by molar-refractivity contribution is 0.300. The molecule has 1 aromatic carbocycles. The second-order valence-electron chi connectivity index (χ2n) is 7.20. The summed E-state index contributed by atoms with van der Waals surface area (Å²) in [6.45, 7) is 1.09. The van der Waals surface area contributed by atoms with E-state index in [1.807, 2.05) is 48.5 Å². The maximum Gasteiger partial charge on any atom is 0.213 e. The molecule has 33 heavy (non-hydrogen) atoms. The van der Waals surface area contributed by atoms with E-state index in [0.29, 0.717) is 43.3 Å². The van der Waals surface area contributed by atoms with E-state index in [1.165, 1.54) is 0 Å². The van der Waals surface area contributed by atoms with Crippen LogP contribution in [0.2, 0.25) is 0 Å². The number of hydrogen-bond donors (Lipinski definition) is 1. The van der Waals surface area contributed by atoms with Crippen LogP contribution in [0.1, 0.15) is 24.1 Å². The fourth-order valence-corrected chi connectivity index (χ4v) is 3.17. The average molecular weight is 435 g/mol. The minimum Gasteiger partial charge on any atom is -0.478 e. The normalized spacial score (nSPS) is 10.2. The van der Waals surface area contributed by atoms with E-state index in [1.54, 1.807) is 29.3 Å². The van der Waals surface area contributed by atoms with Gasteiger partial charge in [0, 0.05) is 54.9 Å². The second kappa shape index (κ2) is 10.6. The minimum atomic E-state index is 0.454. The van der Waals surface area contributed by atoms with Crippen LogP contribution in [0.15, 0.2) is 73.2 Å². The summed E-state index contributed by atoms with van der Waals surface area (Å²) in [5, 5.41) is 26.0. The fraction of sp³-hybridized carbons (Fsp3) is 0.160. The van der Waals surface area contributed by atoms with Crippen LogP contribution in [-0.4, -0.2) is 26.4 Å². The molecule has 162 valence electrons. The Kier molecular flexibility index (Phi) is 6.89. The van der Waals surface area contributed by atoms with E-state index < -0.39 is 0 Å². The Bertz CT molecular complexity index is 1270. The van der Waals surface area contributed by atoms with Crippen molar-refractivity contribution in [1.82, 2.24) is 19.7 Å². The number of benzene rings is 1. The summed E-state index contributed by atoms with van der Waals surface area (Å²) in [6, 6.07) is 21.3. The highest BCUT2D eigenvalue weighted by atomic mass is 16.5. The van der Waals surface area contributed by atoms with Gasteiger partial charge in [-0.25, -0.2) is 9.67 Å². The van der Waals surface area contributed by atoms with E-state index >= 15 is 0 Å². The number of unbranched alkanes of at least 4 members (excludes halogenated alkanes) is 1. The van der Waals surface area contributed by atoms with Crippen molar-refractivity contribution in [2.45, 2.75) is 19.4 Å². The first-order valence-corrected chi connectivity index (χ1v) is 10.5. The van der Waals surface area contributed by atoms with Crippen LogP contribution in [0.4, 0.5) is 5.69 Å². The number of hydrogen-bond acceptors (Lipinski definition) is 7. The molecule has 0 bridgehead atoms. The Morgan fingerprint density at radius 2 is 1.91 bits per heavy atom. The molecule has 8 heteroatoms. The predicted molar refractivity (Wildman–Crippen MR) is 123 cm³/mol. The van der Waals surface area contributed by atoms with Gasteiger partial charge < -0.3 is 10.1 Å². The number of nitrogens with one attached hydrogen (secondary N) is 1. The first-order chi connectivity index (χ1) is 16.3. The average Bonchev–Trinajstić information content (AvgIpc) is 3.32. The summed E-state index contributed by atoms with van der Waals surface area (Å²) < 4.78 is 7.14. The van der Waals surface area contributed by atoms with Gasteiger partial charge in [-0.15, -0.1) is 0 Å². The van der Waals surface area contributed by atoms with Crippen molar-refractivity contribution in [1.29, 1.82) is 10.5 Å². The smallest absolute Gasteiger partial charge is 0.213 e. The predicted octanol–water partition coefficient (Wildman–Crippen LogP) is 4.50. The van der Waals surface area contributed by atoms with Gasteiger partial charge in [-0.05, 0) is 48.4 Å². The van der Waals surface area contributed by atoms with Gasteiger partial charge in [0.25, 0.3) is 0 Å². The van der Waals surface area contributed by atoms with Crippen LogP contribution in [0.5, 0.6) is 5.88 Å². The summed E-state index contributed by atoms with van der Waals surface area (Å²) in [6.07, 6.45) is 6.36. The molecule has 0 saturated heterocycles. The molecule has 0 radical (unpaired) electrons. The van der Waals surface area contributed by atoms with Gasteiger partial charge in [-0.1, -0.05) is 6.07 Å². The molecule has 4 rings (SSSR count). The summed E-state index contributed by atoms with van der Waals surface area (Å²) >= 11 is 0. The number of rotatable bonds is 9. The van der Waals surface area contributed by atoms with Crippen LogP contribution in [-0.2, 0) is 6.54 Å². The SMILES string of the molecule is N#CCCCOc1ccc(CNc2ccc(-n3nc(-c4cccnc4)cc3C#N)cc2)cn1. The van der Waals surface area contributed by atoms with Crippen molar-refractivity contribution in [3.05, 3.63) is 84.4 Å². The van der Waals surface area contributed by atoms with Crippen LogP contribution < -0.4 is 10.1 Å². The molecule has 1 N–H and O–H groups in total. The molecule has 8 nitrogen and oxygen atoms in total. The Balaban J connectivity index is 1.38. The minimum absolute atomic E-state index is 0.454. The third kappa shape index (κ3) is 5.52. The van der Waals surface area contributed by atoms with E-state index in [4.69, 9.17) is 10.00 Å². The van der Waals surface area contributed by atoms with E-state index in [9.17, 15) is 5.26 Å². The maximum absolute atomic E-state index is 9.53. The second-order valence-corrected chi connectivity index (χ2v) is 7.20. The molecule has 0 aliphatic carbocycles. The summed E-state index contributed by atoms with van der Waals surface area (Å²) in [4.78, 5) is 8.41. The summed E-state index contributed by atoms with van der Waals surface area (Å²) in [5.74, 6) is 0.555. The molecule has 3 aromatic heterocycles. The quantitative estimate of drug-likeness (QED) is 0.385. The van der Waals surface area contributed by atoms with Crippen molar-refractivity contribution in [3.63, 3.8) is 0 Å². The van der Waals surface area contributed by atoms with Crippen molar-refractivity contribution >= 4 is 5.69 Å². The fourth-order valence-electron chi connectivity index (χ4n) is 3.17. The molecule has 0 aliphatic heterocycles. The number of aromatic nitrogens is 4. The Labute approximate surface area is 191 Å². The highest BCUT2D eigenvalue weighted by Crippen LogP contribution is 2.22.